The van der Waals surface area contributed by atoms with E-state index in [0.717, 1.165) is 11.1 Å². The lowest BCUT2D eigenvalue weighted by Crippen LogP contribution is -2.39. The van der Waals surface area contributed by atoms with E-state index in [1.165, 1.54) is 22.0 Å². The Morgan fingerprint density at radius 2 is 1.79 bits per heavy atom. The smallest absolute Gasteiger partial charge is 0.338 e. The Morgan fingerprint density at radius 3 is 2.45 bits per heavy atom. The Bertz CT molecular complexity index is 1580. The molecule has 38 heavy (non-hydrogen) atoms. The average molecular weight is 533 g/mol. The van der Waals surface area contributed by atoms with Crippen molar-refractivity contribution in [2.45, 2.75) is 13.0 Å². The summed E-state index contributed by atoms with van der Waals surface area (Å²) in [5, 5.41) is 0. The van der Waals surface area contributed by atoms with Gasteiger partial charge in [-0.2, -0.15) is 0 Å². The number of benzene rings is 2. The molecule has 0 spiro atoms. The van der Waals surface area contributed by atoms with E-state index in [1.807, 2.05) is 18.2 Å². The van der Waals surface area contributed by atoms with Gasteiger partial charge in [-0.25, -0.2) is 9.79 Å². The summed E-state index contributed by atoms with van der Waals surface area (Å²) in [7, 11) is 3.13. The number of hydrogen-bond acceptors (Lipinski definition) is 8. The first-order valence-electron chi connectivity index (χ1n) is 11.8. The van der Waals surface area contributed by atoms with E-state index in [1.54, 1.807) is 57.6 Å². The van der Waals surface area contributed by atoms with Gasteiger partial charge in [-0.05, 0) is 48.4 Å². The zero-order valence-electron chi connectivity index (χ0n) is 21.4. The fourth-order valence-corrected chi connectivity index (χ4v) is 5.14. The fraction of sp³-hybridized carbons (Fsp3) is 0.207. The highest BCUT2D eigenvalue weighted by molar-refractivity contribution is 7.07. The van der Waals surface area contributed by atoms with E-state index < -0.39 is 12.0 Å². The maximum absolute atomic E-state index is 13.8. The van der Waals surface area contributed by atoms with Gasteiger partial charge in [0.2, 0.25) is 0 Å². The summed E-state index contributed by atoms with van der Waals surface area (Å²) in [5.74, 6) is 1.21. The van der Waals surface area contributed by atoms with E-state index in [0.29, 0.717) is 44.5 Å². The Morgan fingerprint density at radius 1 is 1.05 bits per heavy atom. The first-order chi connectivity index (χ1) is 18.4. The summed E-state index contributed by atoms with van der Waals surface area (Å²) >= 11 is 1.25. The van der Waals surface area contributed by atoms with Crippen LogP contribution in [-0.2, 0) is 9.53 Å². The lowest BCUT2D eigenvalue weighted by atomic mass is 9.96. The van der Waals surface area contributed by atoms with Crippen LogP contribution < -0.4 is 29.1 Å². The lowest BCUT2D eigenvalue weighted by molar-refractivity contribution is -0.138. The Labute approximate surface area is 224 Å². The van der Waals surface area contributed by atoms with Gasteiger partial charge in [-0.15, -0.1) is 0 Å². The molecule has 0 saturated carbocycles. The van der Waals surface area contributed by atoms with Gasteiger partial charge in [-0.1, -0.05) is 54.8 Å². The van der Waals surface area contributed by atoms with Gasteiger partial charge < -0.3 is 18.9 Å². The summed E-state index contributed by atoms with van der Waals surface area (Å²) in [6, 6.07) is 11.9. The van der Waals surface area contributed by atoms with Crippen LogP contribution >= 0.6 is 11.3 Å². The summed E-state index contributed by atoms with van der Waals surface area (Å²) in [4.78, 5) is 32.0. The summed E-state index contributed by atoms with van der Waals surface area (Å²) in [6.07, 6.45) is 4.91. The molecule has 2 aromatic carbocycles. The number of thiazole rings is 1. The Hall–Kier alpha value is -4.37. The Kier molecular flexibility index (Phi) is 8.28. The van der Waals surface area contributed by atoms with Crippen LogP contribution in [0.2, 0.25) is 0 Å². The van der Waals surface area contributed by atoms with Crippen molar-refractivity contribution < 1.29 is 23.7 Å². The maximum Gasteiger partial charge on any atom is 0.338 e. The predicted octanol–water partition coefficient (Wildman–Crippen LogP) is 3.55. The van der Waals surface area contributed by atoms with E-state index in [2.05, 4.69) is 18.2 Å². The molecule has 3 aromatic rings. The van der Waals surface area contributed by atoms with E-state index in [-0.39, 0.29) is 12.2 Å². The van der Waals surface area contributed by atoms with Crippen molar-refractivity contribution >= 4 is 23.4 Å². The summed E-state index contributed by atoms with van der Waals surface area (Å²) < 4.78 is 23.7. The van der Waals surface area contributed by atoms with Gasteiger partial charge in [0.25, 0.3) is 5.56 Å². The third-order valence-corrected chi connectivity index (χ3v) is 6.83. The number of fused-ring (bicyclic) bond motifs is 1. The minimum Gasteiger partial charge on any atom is -0.497 e. The number of carbonyl (C=O) groups excluding carboxylic acids is 1. The van der Waals surface area contributed by atoms with E-state index in [9.17, 15) is 9.59 Å². The molecule has 0 amide bonds. The lowest BCUT2D eigenvalue weighted by Gasteiger charge is -2.24. The number of ether oxygens (including phenoxy) is 4. The molecule has 0 radical (unpaired) electrons. The zero-order valence-corrected chi connectivity index (χ0v) is 22.2. The molecule has 196 valence electrons. The van der Waals surface area contributed by atoms with Crippen molar-refractivity contribution in [1.29, 1.82) is 0 Å². The molecule has 1 unspecified atom stereocenters. The van der Waals surface area contributed by atoms with Gasteiger partial charge in [-0.3, -0.25) is 9.36 Å². The number of aromatic nitrogens is 1. The van der Waals surface area contributed by atoms with Gasteiger partial charge in [0, 0.05) is 0 Å². The van der Waals surface area contributed by atoms with Gasteiger partial charge in [0.05, 0.1) is 36.1 Å². The first kappa shape index (κ1) is 26.7. The third-order valence-electron chi connectivity index (χ3n) is 5.85. The second-order valence-electron chi connectivity index (χ2n) is 8.25. The molecule has 0 fully saturated rings. The van der Waals surface area contributed by atoms with Gasteiger partial charge in [0.1, 0.15) is 19.0 Å². The van der Waals surface area contributed by atoms with Crippen LogP contribution in [0.25, 0.3) is 6.08 Å². The standard InChI is InChI=1S/C29H28N2O6S/c1-6-14-36-22-13-8-19(16-23(22)35-5)17-24-27(32)31-26(20-9-11-21(34-4)12-10-20)25(28(33)37-15-7-2)18(3)30-29(31)38-24/h6-13,16-17,26H,1-2,14-15H2,3-5H3/b24-17+. The SMILES string of the molecule is C=CCOC(=O)C1=C(C)N=c2s/c(=C/c3ccc(OCC=C)c(OC)c3)c(=O)n2C1c1ccc(OC)cc1. The molecule has 1 aliphatic heterocycles. The van der Waals surface area contributed by atoms with Crippen LogP contribution in [0.3, 0.4) is 0 Å². The maximum atomic E-state index is 13.8. The molecule has 0 aliphatic carbocycles. The molecular weight excluding hydrogens is 504 g/mol. The molecular formula is C29H28N2O6S. The van der Waals surface area contributed by atoms with Crippen molar-refractivity contribution in [3.05, 3.63) is 110 Å². The van der Waals surface area contributed by atoms with Gasteiger partial charge >= 0.3 is 5.97 Å². The molecule has 9 heteroatoms. The summed E-state index contributed by atoms with van der Waals surface area (Å²) in [6.45, 7) is 9.40. The van der Waals surface area contributed by atoms with Crippen LogP contribution in [0, 0.1) is 0 Å². The number of rotatable bonds is 10. The molecule has 8 nitrogen and oxygen atoms in total. The minimum absolute atomic E-state index is 0.0453. The van der Waals surface area contributed by atoms with Crippen LogP contribution in [0.4, 0.5) is 0 Å². The highest BCUT2D eigenvalue weighted by Crippen LogP contribution is 2.32. The number of nitrogens with zero attached hydrogens (tertiary/aromatic N) is 2. The van der Waals surface area contributed by atoms with Crippen molar-refractivity contribution in [3.8, 4) is 17.2 Å². The third kappa shape index (κ3) is 5.33. The number of hydrogen-bond donors (Lipinski definition) is 0. The quantitative estimate of drug-likeness (QED) is 0.293. The number of esters is 1. The van der Waals surface area contributed by atoms with E-state index >= 15 is 0 Å². The van der Waals surface area contributed by atoms with Crippen LogP contribution in [0.5, 0.6) is 17.2 Å². The molecule has 0 saturated heterocycles. The average Bonchev–Trinajstić information content (AvgIpc) is 3.24. The van der Waals surface area contributed by atoms with Crippen molar-refractivity contribution in [1.82, 2.24) is 4.57 Å². The number of carbonyl (C=O) groups is 1. The Balaban J connectivity index is 1.86. The van der Waals surface area contributed by atoms with Crippen molar-refractivity contribution in [3.63, 3.8) is 0 Å². The van der Waals surface area contributed by atoms with Crippen LogP contribution in [0.1, 0.15) is 24.1 Å². The first-order valence-corrected chi connectivity index (χ1v) is 12.6. The van der Waals surface area contributed by atoms with E-state index in [4.69, 9.17) is 18.9 Å². The predicted molar refractivity (Wildman–Crippen MR) is 147 cm³/mol. The molecule has 1 atom stereocenters. The second-order valence-corrected chi connectivity index (χ2v) is 9.26. The highest BCUT2D eigenvalue weighted by Gasteiger charge is 2.33. The molecule has 1 aromatic heterocycles. The molecule has 4 rings (SSSR count). The van der Waals surface area contributed by atoms with Crippen molar-refractivity contribution in [2.24, 2.45) is 4.99 Å². The summed E-state index contributed by atoms with van der Waals surface area (Å²) in [5.41, 5.74) is 1.98. The fourth-order valence-electron chi connectivity index (χ4n) is 4.09. The zero-order chi connectivity index (χ0) is 27.2. The molecule has 0 bridgehead atoms. The normalized spacial score (nSPS) is 14.8. The second kappa shape index (κ2) is 11.8. The van der Waals surface area contributed by atoms with Crippen molar-refractivity contribution in [2.75, 3.05) is 27.4 Å². The monoisotopic (exact) mass is 532 g/mol. The largest absolute Gasteiger partial charge is 0.497 e. The number of allylic oxidation sites excluding steroid dienone is 1. The molecule has 2 heterocycles. The van der Waals surface area contributed by atoms with Crippen LogP contribution in [0.15, 0.2) is 88.8 Å². The topological polar surface area (TPSA) is 88.4 Å². The molecule has 0 N–H and O–H groups in total. The number of methoxy groups -OCH3 is 2. The highest BCUT2D eigenvalue weighted by atomic mass is 32.1. The minimum atomic E-state index is -0.721. The molecule has 1 aliphatic rings. The van der Waals surface area contributed by atoms with Gasteiger partial charge in [0.15, 0.2) is 16.3 Å². The van der Waals surface area contributed by atoms with Crippen LogP contribution in [-0.4, -0.2) is 38.0 Å².